The Morgan fingerprint density at radius 1 is 0.437 bits per heavy atom. The Hall–Kier alpha value is -11.2. The Balaban J connectivity index is 0.000000146. The molecule has 5 aliphatic carbocycles. The van der Waals surface area contributed by atoms with E-state index in [1.165, 1.54) is 14.2 Å². The van der Waals surface area contributed by atoms with E-state index in [0.29, 0.717) is 54.3 Å². The number of likely N-dealkylation sites (tertiary alicyclic amines) is 3. The molecule has 9 aromatic rings. The molecule has 662 valence electrons. The minimum atomic E-state index is -0.554. The number of aryl methyl sites for hydroxylation is 3. The van der Waals surface area contributed by atoms with Gasteiger partial charge in [-0.05, 0) is 263 Å². The van der Waals surface area contributed by atoms with E-state index in [1.54, 1.807) is 47.4 Å². The van der Waals surface area contributed by atoms with E-state index in [2.05, 4.69) is 85.5 Å². The lowest BCUT2D eigenvalue weighted by Crippen LogP contribution is -2.41. The van der Waals surface area contributed by atoms with Gasteiger partial charge in [-0.3, -0.25) is 24.5 Å². The maximum absolute atomic E-state index is 13.3. The Labute approximate surface area is 750 Å². The van der Waals surface area contributed by atoms with Gasteiger partial charge in [-0.2, -0.15) is 0 Å². The molecule has 2 saturated carbocycles. The zero-order valence-electron chi connectivity index (χ0n) is 73.1. The van der Waals surface area contributed by atoms with Gasteiger partial charge in [0.15, 0.2) is 0 Å². The van der Waals surface area contributed by atoms with Gasteiger partial charge in [-0.25, -0.2) is 34.1 Å². The monoisotopic (exact) mass is 1770 g/mol. The first-order valence-electron chi connectivity index (χ1n) is 43.4. The zero-order valence-corrected chi connectivity index (χ0v) is 75.3. The normalized spacial score (nSPS) is 19.3. The summed E-state index contributed by atoms with van der Waals surface area (Å²) in [6, 6.07) is 28.4. The van der Waals surface area contributed by atoms with Crippen LogP contribution < -0.4 is 16.0 Å². The molecule has 17 rings (SSSR count). The van der Waals surface area contributed by atoms with Gasteiger partial charge in [0, 0.05) is 126 Å². The van der Waals surface area contributed by atoms with Crippen LogP contribution in [0.15, 0.2) is 147 Å². The molecule has 3 N–H and O–H groups in total. The number of carbonyl (C=O) groups is 6. The highest BCUT2D eigenvalue weighted by molar-refractivity contribution is 6.31. The number of imidazole rings is 3. The van der Waals surface area contributed by atoms with Crippen molar-refractivity contribution in [1.82, 2.24) is 74.3 Å². The maximum atomic E-state index is 13.3. The molecule has 6 amide bonds. The summed E-state index contributed by atoms with van der Waals surface area (Å²) in [7, 11) is 8.73. The van der Waals surface area contributed by atoms with Gasteiger partial charge in [0.2, 0.25) is 11.8 Å². The Bertz CT molecular complexity index is 5370. The van der Waals surface area contributed by atoms with Crippen LogP contribution >= 0.6 is 34.8 Å². The standard InChI is InChI=1S/C34H38ClN5O4.2C31H36ClN5O4/c1-33(10-11-33)43-31(41)38-30(27-19-36-20-39(27)3)26-17-22-5-4-14-37-29(22)28(24-7-6-23(35)18-25(24)26)21-8-15-40(16-9-21)32(42)44-34(2)12-13-34;2*1-19(2)41-31(39)37-12-9-20(10-13-37)28-23-8-7-22(32)15-24(23)25(14-21-6-5-11-34-29(21)28)30(35-27(38)17-40-4)26-16-33-18-36(26)3/h4-7,14,17-21,28,30H,8-13,15-16H2,1-3H3,(H,38,41);2*5-8,11,14-16,18-20,28,30H,9-10,12-13,17H2,1-4H3,(H,35,38)/t28-,30+;;/m0../s1. The average Bonchev–Trinajstić information content (AvgIpc) is 1.61. The number of nitrogens with one attached hydrogen (secondary N) is 3. The molecule has 9 heterocycles. The SMILES string of the molecule is COCC(=O)NC(C1=Cc2cccnc2C(C2CCN(C(=O)OC(C)C)CC2)c2ccc(Cl)cc21)c1cncn1C.COCC(=O)NC(C1=Cc2cccnc2C(C2CCN(C(=O)OC(C)C)CC2)c2ccc(Cl)cc21)c1cncn1C.Cn1cncc1[C@H](NC(=O)OC1(C)CC1)C1=Cc2cccnc2[C@@H](C2CCN(C(=O)OC3(C)CC3)CC2)c2ccc(Cl)cc21. The second kappa shape index (κ2) is 38.9. The molecule has 6 atom stereocenters. The number of halogens is 3. The molecule has 126 heavy (non-hydrogen) atoms. The number of carbonyl (C=O) groups excluding carboxylic acids is 6. The molecule has 3 aromatic carbocycles. The van der Waals surface area contributed by atoms with E-state index in [0.717, 1.165) is 165 Å². The van der Waals surface area contributed by atoms with E-state index < -0.39 is 29.8 Å². The number of methoxy groups -OCH3 is 2. The van der Waals surface area contributed by atoms with Crippen molar-refractivity contribution >= 4 is 106 Å². The smallest absolute Gasteiger partial charge is 0.410 e. The van der Waals surface area contributed by atoms with Crippen molar-refractivity contribution in [2.75, 3.05) is 66.7 Å². The number of fused-ring (bicyclic) bond motifs is 6. The summed E-state index contributed by atoms with van der Waals surface area (Å²) in [6.07, 6.45) is 29.2. The van der Waals surface area contributed by atoms with Crippen molar-refractivity contribution < 1.29 is 57.2 Å². The predicted molar refractivity (Wildman–Crippen MR) is 482 cm³/mol. The molecule has 5 fully saturated rings. The predicted octanol–water partition coefficient (Wildman–Crippen LogP) is 17.3. The number of nitrogens with zero attached hydrogens (tertiary/aromatic N) is 12. The van der Waals surface area contributed by atoms with Crippen LogP contribution in [0.3, 0.4) is 0 Å². The second-order valence-corrected chi connectivity index (χ2v) is 36.4. The van der Waals surface area contributed by atoms with E-state index in [1.807, 2.05) is 154 Å². The number of ether oxygens (including phenoxy) is 6. The van der Waals surface area contributed by atoms with Crippen LogP contribution in [-0.2, 0) is 59.2 Å². The van der Waals surface area contributed by atoms with Gasteiger partial charge in [0.25, 0.3) is 0 Å². The van der Waals surface area contributed by atoms with E-state index >= 15 is 0 Å². The van der Waals surface area contributed by atoms with Gasteiger partial charge < -0.3 is 72.8 Å². The fourth-order valence-electron chi connectivity index (χ4n) is 18.4. The largest absolute Gasteiger partial charge is 0.447 e. The molecule has 6 aromatic heterocycles. The van der Waals surface area contributed by atoms with Gasteiger partial charge >= 0.3 is 24.4 Å². The summed E-state index contributed by atoms with van der Waals surface area (Å²) in [5.74, 6) is 0.132. The number of pyridine rings is 3. The van der Waals surface area contributed by atoms with Crippen molar-refractivity contribution in [2.24, 2.45) is 38.9 Å². The minimum absolute atomic E-state index is 0.0302. The third-order valence-corrected chi connectivity index (χ3v) is 26.0. The number of rotatable bonds is 20. The number of amides is 6. The zero-order chi connectivity index (χ0) is 88.8. The fourth-order valence-corrected chi connectivity index (χ4v) is 19.0. The number of hydrogen-bond donors (Lipinski definition) is 3. The number of hydrogen-bond acceptors (Lipinski definition) is 18. The first-order valence-corrected chi connectivity index (χ1v) is 44.5. The summed E-state index contributed by atoms with van der Waals surface area (Å²) in [5, 5.41) is 11.3. The van der Waals surface area contributed by atoms with Crippen LogP contribution in [0, 0.1) is 17.8 Å². The summed E-state index contributed by atoms with van der Waals surface area (Å²) < 4.78 is 38.5. The molecule has 3 saturated heterocycles. The van der Waals surface area contributed by atoms with Crippen LogP contribution in [0.1, 0.15) is 226 Å². The lowest BCUT2D eigenvalue weighted by molar-refractivity contribution is -0.125. The topological polar surface area (TPSA) is 296 Å². The van der Waals surface area contributed by atoms with Crippen LogP contribution in [0.25, 0.3) is 34.9 Å². The molecular formula is C96H110Cl3N15O12. The maximum Gasteiger partial charge on any atom is 0.410 e. The van der Waals surface area contributed by atoms with Crippen molar-refractivity contribution in [3.05, 3.63) is 246 Å². The number of benzene rings is 3. The van der Waals surface area contributed by atoms with Crippen LogP contribution in [0.4, 0.5) is 19.2 Å². The highest BCUT2D eigenvalue weighted by Gasteiger charge is 2.47. The second-order valence-electron chi connectivity index (χ2n) is 35.1. The van der Waals surface area contributed by atoms with Crippen LogP contribution in [-0.4, -0.2) is 185 Å². The summed E-state index contributed by atoms with van der Waals surface area (Å²) >= 11 is 19.9. The van der Waals surface area contributed by atoms with E-state index in [-0.39, 0.29) is 96.6 Å². The molecule has 4 unspecified atom stereocenters. The van der Waals surface area contributed by atoms with Crippen molar-refractivity contribution in [2.45, 2.75) is 165 Å². The molecule has 30 heteroatoms. The Morgan fingerprint density at radius 3 is 1.04 bits per heavy atom. The lowest BCUT2D eigenvalue weighted by atomic mass is 9.75. The molecular weight excluding hydrogens is 1660 g/mol. The third kappa shape index (κ3) is 20.4. The molecule has 8 aliphatic rings. The summed E-state index contributed by atoms with van der Waals surface area (Å²) in [5.41, 5.74) is 16.4. The van der Waals surface area contributed by atoms with Gasteiger partial charge in [-0.1, -0.05) is 71.2 Å². The number of piperidine rings is 3. The van der Waals surface area contributed by atoms with Crippen molar-refractivity contribution in [3.8, 4) is 0 Å². The first kappa shape index (κ1) is 89.6. The summed E-state index contributed by atoms with van der Waals surface area (Å²) in [4.78, 5) is 110. The lowest BCUT2D eigenvalue weighted by Gasteiger charge is -2.37. The third-order valence-electron chi connectivity index (χ3n) is 25.3. The Morgan fingerprint density at radius 2 is 0.746 bits per heavy atom. The van der Waals surface area contributed by atoms with Crippen LogP contribution in [0.5, 0.6) is 0 Å². The van der Waals surface area contributed by atoms with Crippen molar-refractivity contribution in [3.63, 3.8) is 0 Å². The minimum Gasteiger partial charge on any atom is -0.447 e. The molecule has 27 nitrogen and oxygen atoms in total. The molecule has 0 radical (unpaired) electrons. The van der Waals surface area contributed by atoms with Gasteiger partial charge in [0.05, 0.1) is 102 Å². The first-order chi connectivity index (χ1) is 60.6. The number of alkyl carbamates (subject to hydrolysis) is 1. The molecule has 0 bridgehead atoms. The molecule has 3 aliphatic heterocycles. The summed E-state index contributed by atoms with van der Waals surface area (Å²) in [6.45, 7) is 15.0. The fraction of sp³-hybridized carbons (Fsp3) is 0.438. The van der Waals surface area contributed by atoms with Crippen LogP contribution in [0.2, 0.25) is 15.1 Å². The highest BCUT2D eigenvalue weighted by atomic mass is 35.5. The van der Waals surface area contributed by atoms with E-state index in [4.69, 9.17) is 78.2 Å². The van der Waals surface area contributed by atoms with E-state index in [9.17, 15) is 28.8 Å². The number of aromatic nitrogens is 9. The van der Waals surface area contributed by atoms with Gasteiger partial charge in [0.1, 0.15) is 24.4 Å². The Kier molecular flexibility index (Phi) is 27.7. The average molecular weight is 1770 g/mol. The van der Waals surface area contributed by atoms with Crippen molar-refractivity contribution in [1.29, 1.82) is 0 Å². The quantitative estimate of drug-likeness (QED) is 0.0597. The molecule has 0 spiro atoms. The highest BCUT2D eigenvalue weighted by Crippen LogP contribution is 2.53. The van der Waals surface area contributed by atoms with Gasteiger partial charge in [-0.15, -0.1) is 0 Å².